The van der Waals surface area contributed by atoms with Crippen LogP contribution in [0.5, 0.6) is 0 Å². The Bertz CT molecular complexity index is 646. The van der Waals surface area contributed by atoms with Crippen molar-refractivity contribution < 1.29 is 4.79 Å². The van der Waals surface area contributed by atoms with Crippen LogP contribution in [0.2, 0.25) is 10.0 Å². The van der Waals surface area contributed by atoms with Crippen molar-refractivity contribution in [3.63, 3.8) is 0 Å². The van der Waals surface area contributed by atoms with Gasteiger partial charge in [-0.25, -0.2) is 0 Å². The van der Waals surface area contributed by atoms with Crippen LogP contribution >= 0.6 is 39.1 Å². The van der Waals surface area contributed by atoms with Gasteiger partial charge in [-0.2, -0.15) is 0 Å². The van der Waals surface area contributed by atoms with Crippen molar-refractivity contribution in [2.24, 2.45) is 0 Å². The average molecular weight is 387 g/mol. The number of rotatable bonds is 5. The van der Waals surface area contributed by atoms with Crippen LogP contribution in [0.4, 0.5) is 5.69 Å². The van der Waals surface area contributed by atoms with Gasteiger partial charge >= 0.3 is 0 Å². The van der Waals surface area contributed by atoms with Crippen LogP contribution in [0.25, 0.3) is 0 Å². The Morgan fingerprint density at radius 3 is 2.67 bits per heavy atom. The molecule has 0 radical (unpaired) electrons. The summed E-state index contributed by atoms with van der Waals surface area (Å²) >= 11 is 15.3. The summed E-state index contributed by atoms with van der Waals surface area (Å²) in [6, 6.07) is 12.6. The zero-order valence-corrected chi connectivity index (χ0v) is 14.3. The highest BCUT2D eigenvalue weighted by Gasteiger charge is 2.11. The van der Waals surface area contributed by atoms with Gasteiger partial charge in [0.15, 0.2) is 0 Å². The molecule has 0 atom stereocenters. The monoisotopic (exact) mass is 385 g/mol. The van der Waals surface area contributed by atoms with Crippen LogP contribution < -0.4 is 5.32 Å². The molecule has 1 N–H and O–H groups in total. The number of amides is 1. The summed E-state index contributed by atoms with van der Waals surface area (Å²) in [6.45, 7) is 0. The smallest absolute Gasteiger partial charge is 0.257 e. The van der Waals surface area contributed by atoms with Crippen molar-refractivity contribution in [3.05, 3.63) is 63.6 Å². The highest BCUT2D eigenvalue weighted by molar-refractivity contribution is 9.09. The summed E-state index contributed by atoms with van der Waals surface area (Å²) in [5.74, 6) is -0.241. The van der Waals surface area contributed by atoms with Crippen molar-refractivity contribution in [1.29, 1.82) is 0 Å². The van der Waals surface area contributed by atoms with E-state index in [2.05, 4.69) is 21.2 Å². The van der Waals surface area contributed by atoms with E-state index in [4.69, 9.17) is 23.2 Å². The molecule has 2 aromatic rings. The SMILES string of the molecule is O=C(Nc1cccc(CCCBr)c1)c1ccc(Cl)cc1Cl. The molecular formula is C16H14BrCl2NO. The first-order valence-electron chi connectivity index (χ1n) is 6.51. The van der Waals surface area contributed by atoms with Crippen molar-refractivity contribution >= 4 is 50.7 Å². The molecule has 1 amide bonds. The third-order valence-electron chi connectivity index (χ3n) is 2.96. The number of hydrogen-bond acceptors (Lipinski definition) is 1. The number of carbonyl (C=O) groups excluding carboxylic acids is 1. The second-order valence-electron chi connectivity index (χ2n) is 4.57. The first-order valence-corrected chi connectivity index (χ1v) is 8.39. The first kappa shape index (κ1) is 16.3. The van der Waals surface area contributed by atoms with Gasteiger partial charge < -0.3 is 5.32 Å². The highest BCUT2D eigenvalue weighted by atomic mass is 79.9. The molecule has 110 valence electrons. The largest absolute Gasteiger partial charge is 0.322 e. The van der Waals surface area contributed by atoms with E-state index in [0.717, 1.165) is 23.9 Å². The molecule has 0 aromatic heterocycles. The Hall–Kier alpha value is -1.03. The Kier molecular flexibility index (Phi) is 6.09. The molecule has 0 aliphatic rings. The molecule has 0 bridgehead atoms. The molecule has 5 heteroatoms. The second kappa shape index (κ2) is 7.83. The quantitative estimate of drug-likeness (QED) is 0.668. The van der Waals surface area contributed by atoms with Crippen LogP contribution in [0.3, 0.4) is 0 Å². The molecule has 0 saturated carbocycles. The normalized spacial score (nSPS) is 10.4. The highest BCUT2D eigenvalue weighted by Crippen LogP contribution is 2.22. The first-order chi connectivity index (χ1) is 10.1. The zero-order valence-electron chi connectivity index (χ0n) is 11.2. The molecule has 0 unspecified atom stereocenters. The fraction of sp³-hybridized carbons (Fsp3) is 0.188. The summed E-state index contributed by atoms with van der Waals surface area (Å²) in [4.78, 5) is 12.2. The van der Waals surface area contributed by atoms with Gasteiger partial charge in [0, 0.05) is 16.0 Å². The number of anilines is 1. The molecule has 0 aliphatic heterocycles. The minimum absolute atomic E-state index is 0.241. The van der Waals surface area contributed by atoms with E-state index in [-0.39, 0.29) is 5.91 Å². The Balaban J connectivity index is 2.12. The van der Waals surface area contributed by atoms with E-state index in [1.807, 2.05) is 24.3 Å². The van der Waals surface area contributed by atoms with E-state index in [1.165, 1.54) is 5.56 Å². The molecule has 0 aliphatic carbocycles. The number of benzene rings is 2. The third-order valence-corrected chi connectivity index (χ3v) is 4.07. The molecule has 0 heterocycles. The summed E-state index contributed by atoms with van der Waals surface area (Å²) in [5, 5.41) is 4.67. The van der Waals surface area contributed by atoms with Crippen molar-refractivity contribution in [3.8, 4) is 0 Å². The van der Waals surface area contributed by atoms with Gasteiger partial charge in [-0.15, -0.1) is 0 Å². The topological polar surface area (TPSA) is 29.1 Å². The van der Waals surface area contributed by atoms with Gasteiger partial charge in [0.05, 0.1) is 10.6 Å². The number of alkyl halides is 1. The Morgan fingerprint density at radius 1 is 1.14 bits per heavy atom. The van der Waals surface area contributed by atoms with Crippen molar-refractivity contribution in [1.82, 2.24) is 0 Å². The third kappa shape index (κ3) is 4.73. The number of aryl methyl sites for hydroxylation is 1. The van der Waals surface area contributed by atoms with Gasteiger partial charge in [-0.1, -0.05) is 51.3 Å². The minimum Gasteiger partial charge on any atom is -0.322 e. The molecule has 2 nitrogen and oxygen atoms in total. The summed E-state index contributed by atoms with van der Waals surface area (Å²) in [7, 11) is 0. The maximum Gasteiger partial charge on any atom is 0.257 e. The standard InChI is InChI=1S/C16H14BrCl2NO/c17-8-2-4-11-3-1-5-13(9-11)20-16(21)14-7-6-12(18)10-15(14)19/h1,3,5-7,9-10H,2,4,8H2,(H,20,21). The Labute approximate surface area is 142 Å². The van der Waals surface area contributed by atoms with Crippen molar-refractivity contribution in [2.45, 2.75) is 12.8 Å². The van der Waals surface area contributed by atoms with E-state index < -0.39 is 0 Å². The number of halogens is 3. The van der Waals surface area contributed by atoms with Crippen LogP contribution in [-0.2, 0) is 6.42 Å². The van der Waals surface area contributed by atoms with Crippen molar-refractivity contribution in [2.75, 3.05) is 10.6 Å². The van der Waals surface area contributed by atoms with Gasteiger partial charge in [0.2, 0.25) is 0 Å². The molecule has 21 heavy (non-hydrogen) atoms. The van der Waals surface area contributed by atoms with Crippen LogP contribution in [-0.4, -0.2) is 11.2 Å². The van der Waals surface area contributed by atoms with E-state index in [9.17, 15) is 4.79 Å². The van der Waals surface area contributed by atoms with E-state index in [1.54, 1.807) is 18.2 Å². The summed E-state index contributed by atoms with van der Waals surface area (Å²) < 4.78 is 0. The molecule has 0 fully saturated rings. The maximum atomic E-state index is 12.2. The van der Waals surface area contributed by atoms with Gasteiger partial charge in [0.25, 0.3) is 5.91 Å². The van der Waals surface area contributed by atoms with E-state index >= 15 is 0 Å². The fourth-order valence-electron chi connectivity index (χ4n) is 1.95. The van der Waals surface area contributed by atoms with Crippen LogP contribution in [0.1, 0.15) is 22.3 Å². The number of hydrogen-bond donors (Lipinski definition) is 1. The summed E-state index contributed by atoms with van der Waals surface area (Å²) in [5.41, 5.74) is 2.36. The number of nitrogens with one attached hydrogen (secondary N) is 1. The second-order valence-corrected chi connectivity index (χ2v) is 6.21. The molecule has 2 rings (SSSR count). The van der Waals surface area contributed by atoms with Gasteiger partial charge in [0.1, 0.15) is 0 Å². The predicted molar refractivity (Wildman–Crippen MR) is 93.0 cm³/mol. The molecular weight excluding hydrogens is 373 g/mol. The van der Waals surface area contributed by atoms with Gasteiger partial charge in [-0.3, -0.25) is 4.79 Å². The lowest BCUT2D eigenvalue weighted by molar-refractivity contribution is 0.102. The fourth-order valence-corrected chi connectivity index (χ4v) is 2.72. The minimum atomic E-state index is -0.241. The molecule has 0 spiro atoms. The lowest BCUT2D eigenvalue weighted by Gasteiger charge is -2.08. The molecule has 2 aromatic carbocycles. The van der Waals surface area contributed by atoms with Crippen LogP contribution in [0.15, 0.2) is 42.5 Å². The lowest BCUT2D eigenvalue weighted by atomic mass is 10.1. The average Bonchev–Trinajstić information content (AvgIpc) is 2.45. The van der Waals surface area contributed by atoms with E-state index in [0.29, 0.717) is 15.6 Å². The predicted octanol–water partition coefficient (Wildman–Crippen LogP) is 5.57. The lowest BCUT2D eigenvalue weighted by Crippen LogP contribution is -2.12. The molecule has 0 saturated heterocycles. The summed E-state index contributed by atoms with van der Waals surface area (Å²) in [6.07, 6.45) is 2.02. The maximum absolute atomic E-state index is 12.2. The van der Waals surface area contributed by atoms with Gasteiger partial charge in [-0.05, 0) is 48.7 Å². The Morgan fingerprint density at radius 2 is 1.95 bits per heavy atom. The van der Waals surface area contributed by atoms with Crippen LogP contribution in [0, 0.1) is 0 Å². The number of carbonyl (C=O) groups is 1. The zero-order chi connectivity index (χ0) is 15.2.